The summed E-state index contributed by atoms with van der Waals surface area (Å²) in [5.41, 5.74) is 4.88. The predicted molar refractivity (Wildman–Crippen MR) is 118 cm³/mol. The van der Waals surface area contributed by atoms with E-state index in [0.717, 1.165) is 33.8 Å². The number of nitrogens with one attached hydrogen (secondary N) is 1. The van der Waals surface area contributed by atoms with E-state index in [4.69, 9.17) is 11.6 Å². The van der Waals surface area contributed by atoms with Crippen LogP contribution >= 0.6 is 22.9 Å². The molecule has 7 heteroatoms. The van der Waals surface area contributed by atoms with Crippen LogP contribution in [0.4, 0.5) is 0 Å². The highest BCUT2D eigenvalue weighted by molar-refractivity contribution is 7.17. The van der Waals surface area contributed by atoms with E-state index in [1.807, 2.05) is 61.7 Å². The molecule has 2 aromatic carbocycles. The van der Waals surface area contributed by atoms with Crippen molar-refractivity contribution >= 4 is 33.8 Å². The maximum absolute atomic E-state index is 12.4. The van der Waals surface area contributed by atoms with Gasteiger partial charge in [0.2, 0.25) is 4.96 Å². The van der Waals surface area contributed by atoms with Crippen molar-refractivity contribution < 1.29 is 4.79 Å². The summed E-state index contributed by atoms with van der Waals surface area (Å²) < 4.78 is 1.87. The summed E-state index contributed by atoms with van der Waals surface area (Å²) in [5, 5.41) is 8.33. The van der Waals surface area contributed by atoms with E-state index in [9.17, 15) is 4.79 Å². The number of carbonyl (C=O) groups excluding carboxylic acids is 1. The molecule has 2 aromatic heterocycles. The van der Waals surface area contributed by atoms with Crippen LogP contribution in [0.5, 0.6) is 0 Å². The van der Waals surface area contributed by atoms with Crippen molar-refractivity contribution in [3.63, 3.8) is 0 Å². The first kappa shape index (κ1) is 19.6. The van der Waals surface area contributed by atoms with Gasteiger partial charge >= 0.3 is 0 Å². The van der Waals surface area contributed by atoms with Crippen LogP contribution in [0.25, 0.3) is 16.3 Å². The Morgan fingerprint density at radius 2 is 1.79 bits per heavy atom. The zero-order chi connectivity index (χ0) is 20.5. The molecule has 0 aliphatic heterocycles. The number of benzene rings is 2. The number of aromatic nitrogens is 3. The van der Waals surface area contributed by atoms with E-state index in [1.54, 1.807) is 11.3 Å². The van der Waals surface area contributed by atoms with E-state index in [0.29, 0.717) is 23.0 Å². The van der Waals surface area contributed by atoms with Crippen LogP contribution in [0.2, 0.25) is 5.02 Å². The van der Waals surface area contributed by atoms with Gasteiger partial charge in [0, 0.05) is 34.0 Å². The normalized spacial score (nSPS) is 11.2. The maximum atomic E-state index is 12.4. The molecule has 0 saturated heterocycles. The van der Waals surface area contributed by atoms with Crippen molar-refractivity contribution in [2.45, 2.75) is 27.2 Å². The van der Waals surface area contributed by atoms with Crippen LogP contribution in [0.1, 0.15) is 32.1 Å². The molecule has 4 rings (SSSR count). The second-order valence-electron chi connectivity index (χ2n) is 7.13. The number of hydrogen-bond acceptors (Lipinski definition) is 4. The Morgan fingerprint density at radius 3 is 2.45 bits per heavy atom. The lowest BCUT2D eigenvalue weighted by atomic mass is 10.1. The topological polar surface area (TPSA) is 59.3 Å². The number of carbonyl (C=O) groups is 1. The second-order valence-corrected chi connectivity index (χ2v) is 8.63. The Hall–Kier alpha value is -2.70. The van der Waals surface area contributed by atoms with E-state index in [1.165, 1.54) is 4.88 Å². The zero-order valence-electron chi connectivity index (χ0n) is 16.5. The lowest BCUT2D eigenvalue weighted by molar-refractivity contribution is 0.0954. The summed E-state index contributed by atoms with van der Waals surface area (Å²) in [5.74, 6) is 0.643. The summed E-state index contributed by atoms with van der Waals surface area (Å²) in [4.78, 5) is 19.1. The molecule has 29 heavy (non-hydrogen) atoms. The largest absolute Gasteiger partial charge is 0.352 e. The molecule has 5 nitrogen and oxygen atoms in total. The Morgan fingerprint density at radius 1 is 1.10 bits per heavy atom. The summed E-state index contributed by atoms with van der Waals surface area (Å²) in [6.07, 6.45) is 0.744. The van der Waals surface area contributed by atoms with Gasteiger partial charge in [0.1, 0.15) is 0 Å². The lowest BCUT2D eigenvalue weighted by Gasteiger charge is -2.07. The van der Waals surface area contributed by atoms with Crippen LogP contribution < -0.4 is 5.32 Å². The molecule has 4 aromatic rings. The van der Waals surface area contributed by atoms with Gasteiger partial charge in [0.15, 0.2) is 5.82 Å². The smallest absolute Gasteiger partial charge is 0.251 e. The first-order valence-electron chi connectivity index (χ1n) is 9.38. The van der Waals surface area contributed by atoms with E-state index < -0.39 is 0 Å². The van der Waals surface area contributed by atoms with Crippen molar-refractivity contribution in [3.05, 3.63) is 74.7 Å². The third-order valence-corrected chi connectivity index (χ3v) is 6.18. The van der Waals surface area contributed by atoms with E-state index in [2.05, 4.69) is 21.5 Å². The zero-order valence-corrected chi connectivity index (χ0v) is 18.1. The van der Waals surface area contributed by atoms with Crippen molar-refractivity contribution in [2.24, 2.45) is 0 Å². The lowest BCUT2D eigenvalue weighted by Crippen LogP contribution is -2.25. The number of fused-ring (bicyclic) bond motifs is 1. The van der Waals surface area contributed by atoms with Crippen LogP contribution in [0.15, 0.2) is 42.5 Å². The molecule has 2 heterocycles. The van der Waals surface area contributed by atoms with Gasteiger partial charge in [0.05, 0.1) is 5.69 Å². The molecule has 148 valence electrons. The van der Waals surface area contributed by atoms with Gasteiger partial charge in [-0.25, -0.2) is 4.52 Å². The first-order chi connectivity index (χ1) is 13.9. The highest BCUT2D eigenvalue weighted by atomic mass is 35.5. The number of hydrogen-bond donors (Lipinski definition) is 1. The minimum absolute atomic E-state index is 0.0427. The van der Waals surface area contributed by atoms with Gasteiger partial charge in [-0.05, 0) is 57.2 Å². The molecule has 1 N–H and O–H groups in total. The Bertz CT molecular complexity index is 1170. The third-order valence-electron chi connectivity index (χ3n) is 4.74. The van der Waals surface area contributed by atoms with Gasteiger partial charge in [-0.15, -0.1) is 5.10 Å². The molecule has 0 unspecified atom stereocenters. The maximum Gasteiger partial charge on any atom is 0.251 e. The molecule has 0 bridgehead atoms. The van der Waals surface area contributed by atoms with Crippen molar-refractivity contribution in [1.29, 1.82) is 0 Å². The molecule has 1 amide bonds. The standard InChI is InChI=1S/C22H21ClN4OS/c1-13-10-14(2)12-17(11-13)21(28)24-9-8-19-15(3)27-22(29-19)25-20(26-27)16-4-6-18(23)7-5-16/h4-7,10-12H,8-9H2,1-3H3,(H,24,28). The van der Waals surface area contributed by atoms with Gasteiger partial charge in [0.25, 0.3) is 5.91 Å². The molecule has 0 fully saturated rings. The minimum Gasteiger partial charge on any atom is -0.352 e. The number of rotatable bonds is 5. The average molecular weight is 425 g/mol. The minimum atomic E-state index is -0.0427. The molecular weight excluding hydrogens is 404 g/mol. The van der Waals surface area contributed by atoms with Crippen molar-refractivity contribution in [1.82, 2.24) is 19.9 Å². The van der Waals surface area contributed by atoms with E-state index >= 15 is 0 Å². The predicted octanol–water partition coefficient (Wildman–Crippen LogP) is 5.01. The van der Waals surface area contributed by atoms with Gasteiger partial charge < -0.3 is 5.32 Å². The fourth-order valence-corrected chi connectivity index (χ4v) is 4.52. The van der Waals surface area contributed by atoms with Gasteiger partial charge in [-0.1, -0.05) is 40.1 Å². The Balaban J connectivity index is 1.44. The molecular formula is C22H21ClN4OS. The molecule has 0 saturated carbocycles. The van der Waals surface area contributed by atoms with E-state index in [-0.39, 0.29) is 5.91 Å². The number of nitrogens with zero attached hydrogens (tertiary/aromatic N) is 3. The van der Waals surface area contributed by atoms with Crippen LogP contribution in [-0.4, -0.2) is 27.0 Å². The van der Waals surface area contributed by atoms with Gasteiger partial charge in [-0.3, -0.25) is 4.79 Å². The van der Waals surface area contributed by atoms with Crippen LogP contribution in [0.3, 0.4) is 0 Å². The SMILES string of the molecule is Cc1cc(C)cc(C(=O)NCCc2sc3nc(-c4ccc(Cl)cc4)nn3c2C)c1. The van der Waals surface area contributed by atoms with Crippen molar-refractivity contribution in [3.8, 4) is 11.4 Å². The van der Waals surface area contributed by atoms with Crippen LogP contribution in [-0.2, 0) is 6.42 Å². The number of amides is 1. The summed E-state index contributed by atoms with van der Waals surface area (Å²) in [7, 11) is 0. The molecule has 0 radical (unpaired) electrons. The fourth-order valence-electron chi connectivity index (χ4n) is 3.34. The Labute approximate surface area is 178 Å². The third kappa shape index (κ3) is 4.18. The highest BCUT2D eigenvalue weighted by Gasteiger charge is 2.15. The van der Waals surface area contributed by atoms with Gasteiger partial charge in [-0.2, -0.15) is 4.98 Å². The summed E-state index contributed by atoms with van der Waals surface area (Å²) >= 11 is 7.56. The fraction of sp³-hybridized carbons (Fsp3) is 0.227. The first-order valence-corrected chi connectivity index (χ1v) is 10.6. The number of thiazole rings is 1. The Kier molecular flexibility index (Phi) is 5.39. The van der Waals surface area contributed by atoms with Crippen molar-refractivity contribution in [2.75, 3.05) is 6.54 Å². The highest BCUT2D eigenvalue weighted by Crippen LogP contribution is 2.25. The monoisotopic (exact) mass is 424 g/mol. The molecule has 0 aliphatic rings. The average Bonchev–Trinajstić information content (AvgIpc) is 3.21. The quantitative estimate of drug-likeness (QED) is 0.490. The number of aryl methyl sites for hydroxylation is 3. The second kappa shape index (κ2) is 7.97. The molecule has 0 spiro atoms. The summed E-state index contributed by atoms with van der Waals surface area (Å²) in [6.45, 7) is 6.60. The van der Waals surface area contributed by atoms with Crippen LogP contribution in [0, 0.1) is 20.8 Å². The molecule has 0 atom stereocenters. The molecule has 0 aliphatic carbocycles. The summed E-state index contributed by atoms with van der Waals surface area (Å²) in [6, 6.07) is 13.4. The number of halogens is 1.